The van der Waals surface area contributed by atoms with Gasteiger partial charge in [0.05, 0.1) is 0 Å². The average Bonchev–Trinajstić information content (AvgIpc) is 2.65. The van der Waals surface area contributed by atoms with Gasteiger partial charge in [-0.3, -0.25) is 9.59 Å². The van der Waals surface area contributed by atoms with Crippen LogP contribution in [0.5, 0.6) is 5.75 Å². The van der Waals surface area contributed by atoms with E-state index in [9.17, 15) is 22.8 Å². The smallest absolute Gasteiger partial charge is 0.406 e. The van der Waals surface area contributed by atoms with Crippen LogP contribution in [0.2, 0.25) is 0 Å². The normalized spacial score (nSPS) is 15.3. The van der Waals surface area contributed by atoms with E-state index in [4.69, 9.17) is 4.74 Å². The molecule has 0 saturated carbocycles. The van der Waals surface area contributed by atoms with Crippen LogP contribution in [0.3, 0.4) is 0 Å². The molecule has 0 bridgehead atoms. The lowest BCUT2D eigenvalue weighted by Gasteiger charge is -2.34. The predicted molar refractivity (Wildman–Crippen MR) is 94.1 cm³/mol. The molecule has 1 aromatic carbocycles. The van der Waals surface area contributed by atoms with Crippen LogP contribution in [0.4, 0.5) is 13.2 Å². The zero-order valence-electron chi connectivity index (χ0n) is 15.0. The Balaban J connectivity index is 1.83. The van der Waals surface area contributed by atoms with Crippen molar-refractivity contribution in [1.82, 2.24) is 9.80 Å². The minimum absolute atomic E-state index is 0.112. The second-order valence-corrected chi connectivity index (χ2v) is 6.38. The fourth-order valence-electron chi connectivity index (χ4n) is 2.99. The molecule has 1 heterocycles. The fourth-order valence-corrected chi connectivity index (χ4v) is 2.99. The minimum atomic E-state index is -4.45. The van der Waals surface area contributed by atoms with Gasteiger partial charge in [0, 0.05) is 25.6 Å². The number of amides is 2. The summed E-state index contributed by atoms with van der Waals surface area (Å²) in [5.41, 5.74) is 0. The van der Waals surface area contributed by atoms with E-state index in [1.807, 2.05) is 6.07 Å². The molecule has 0 aromatic heterocycles. The highest BCUT2D eigenvalue weighted by Crippen LogP contribution is 2.23. The van der Waals surface area contributed by atoms with E-state index in [1.165, 1.54) is 6.08 Å². The quantitative estimate of drug-likeness (QED) is 0.680. The van der Waals surface area contributed by atoms with Crippen LogP contribution in [-0.2, 0) is 9.59 Å². The Morgan fingerprint density at radius 1 is 1.22 bits per heavy atom. The molecule has 0 N–H and O–H groups in total. The number of halogens is 3. The van der Waals surface area contributed by atoms with Crippen molar-refractivity contribution < 1.29 is 27.5 Å². The van der Waals surface area contributed by atoms with E-state index >= 15 is 0 Å². The molecule has 1 aliphatic heterocycles. The lowest BCUT2D eigenvalue weighted by molar-refractivity contribution is -0.163. The lowest BCUT2D eigenvalue weighted by atomic mass is 9.95. The van der Waals surface area contributed by atoms with E-state index in [1.54, 1.807) is 29.2 Å². The van der Waals surface area contributed by atoms with Crippen LogP contribution in [0.15, 0.2) is 43.0 Å². The third-order valence-electron chi connectivity index (χ3n) is 4.33. The number of rotatable bonds is 7. The lowest BCUT2D eigenvalue weighted by Crippen LogP contribution is -2.47. The molecular formula is C19H23F3N2O3. The Bertz CT molecular complexity index is 641. The van der Waals surface area contributed by atoms with Gasteiger partial charge in [0.2, 0.25) is 5.91 Å². The standard InChI is InChI=1S/C19H23F3N2O3/c1-2-10-24(14-19(20,21)22)18(26)15-8-11-23(12-9-15)17(25)13-27-16-6-4-3-5-7-16/h2-7,15H,1,8-14H2. The summed E-state index contributed by atoms with van der Waals surface area (Å²) >= 11 is 0. The van der Waals surface area contributed by atoms with Gasteiger partial charge in [-0.2, -0.15) is 13.2 Å². The van der Waals surface area contributed by atoms with Crippen molar-refractivity contribution in [3.05, 3.63) is 43.0 Å². The van der Waals surface area contributed by atoms with Gasteiger partial charge in [-0.15, -0.1) is 6.58 Å². The maximum absolute atomic E-state index is 12.7. The molecule has 1 saturated heterocycles. The molecule has 5 nitrogen and oxygen atoms in total. The topological polar surface area (TPSA) is 49.9 Å². The van der Waals surface area contributed by atoms with Crippen molar-refractivity contribution in [2.24, 2.45) is 5.92 Å². The van der Waals surface area contributed by atoms with Gasteiger partial charge in [0.25, 0.3) is 5.91 Å². The van der Waals surface area contributed by atoms with Gasteiger partial charge in [0.1, 0.15) is 12.3 Å². The summed E-state index contributed by atoms with van der Waals surface area (Å²) in [7, 11) is 0. The maximum atomic E-state index is 12.7. The summed E-state index contributed by atoms with van der Waals surface area (Å²) in [6, 6.07) is 8.92. The van der Waals surface area contributed by atoms with E-state index < -0.39 is 24.5 Å². The Kier molecular flexibility index (Phi) is 7.27. The van der Waals surface area contributed by atoms with Gasteiger partial charge >= 0.3 is 6.18 Å². The van der Waals surface area contributed by atoms with Crippen molar-refractivity contribution in [2.45, 2.75) is 19.0 Å². The molecule has 0 unspecified atom stereocenters. The van der Waals surface area contributed by atoms with E-state index in [0.717, 1.165) is 4.90 Å². The van der Waals surface area contributed by atoms with Crippen molar-refractivity contribution in [3.63, 3.8) is 0 Å². The first-order valence-electron chi connectivity index (χ1n) is 8.72. The number of likely N-dealkylation sites (tertiary alicyclic amines) is 1. The van der Waals surface area contributed by atoms with Gasteiger partial charge < -0.3 is 14.5 Å². The predicted octanol–water partition coefficient (Wildman–Crippen LogP) is 2.88. The number of alkyl halides is 3. The number of para-hydroxylation sites is 1. The molecule has 27 heavy (non-hydrogen) atoms. The molecule has 1 aromatic rings. The van der Waals surface area contributed by atoms with Crippen molar-refractivity contribution >= 4 is 11.8 Å². The number of carbonyl (C=O) groups is 2. The molecule has 0 spiro atoms. The highest BCUT2D eigenvalue weighted by molar-refractivity contribution is 5.81. The zero-order valence-corrected chi connectivity index (χ0v) is 15.0. The SMILES string of the molecule is C=CCN(CC(F)(F)F)C(=O)C1CCN(C(=O)COc2ccccc2)CC1. The molecule has 2 rings (SSSR count). The molecule has 0 atom stereocenters. The summed E-state index contributed by atoms with van der Waals surface area (Å²) in [6.45, 7) is 2.50. The molecule has 1 aliphatic rings. The van der Waals surface area contributed by atoms with Crippen molar-refractivity contribution in [3.8, 4) is 5.75 Å². The first-order chi connectivity index (χ1) is 12.8. The first kappa shape index (κ1) is 20.8. The number of nitrogens with zero attached hydrogens (tertiary/aromatic N) is 2. The van der Waals surface area contributed by atoms with Crippen LogP contribution >= 0.6 is 0 Å². The monoisotopic (exact) mass is 384 g/mol. The van der Waals surface area contributed by atoms with Crippen molar-refractivity contribution in [1.29, 1.82) is 0 Å². The highest BCUT2D eigenvalue weighted by atomic mass is 19.4. The summed E-state index contributed by atoms with van der Waals surface area (Å²) in [6.07, 6.45) is -2.50. The molecule has 1 fully saturated rings. The molecule has 2 amide bonds. The maximum Gasteiger partial charge on any atom is 0.406 e. The van der Waals surface area contributed by atoms with Crippen molar-refractivity contribution in [2.75, 3.05) is 32.8 Å². The molecule has 8 heteroatoms. The van der Waals surface area contributed by atoms with E-state index in [-0.39, 0.29) is 19.1 Å². The minimum Gasteiger partial charge on any atom is -0.484 e. The van der Waals surface area contributed by atoms with Gasteiger partial charge in [-0.1, -0.05) is 24.3 Å². The van der Waals surface area contributed by atoms with Crippen LogP contribution in [0.25, 0.3) is 0 Å². The third-order valence-corrected chi connectivity index (χ3v) is 4.33. The molecule has 148 valence electrons. The number of carbonyl (C=O) groups excluding carboxylic acids is 2. The highest BCUT2D eigenvalue weighted by Gasteiger charge is 2.36. The number of benzene rings is 1. The molecule has 0 radical (unpaired) electrons. The number of hydrogen-bond donors (Lipinski definition) is 0. The molecular weight excluding hydrogens is 361 g/mol. The third kappa shape index (κ3) is 6.62. The number of ether oxygens (including phenoxy) is 1. The number of hydrogen-bond acceptors (Lipinski definition) is 3. The van der Waals surface area contributed by atoms with Crippen LogP contribution in [0.1, 0.15) is 12.8 Å². The second kappa shape index (κ2) is 9.43. The summed E-state index contributed by atoms with van der Waals surface area (Å²) in [5.74, 6) is -0.683. The second-order valence-electron chi connectivity index (χ2n) is 6.38. The average molecular weight is 384 g/mol. The Hall–Kier alpha value is -2.51. The van der Waals surface area contributed by atoms with E-state index in [0.29, 0.717) is 31.7 Å². The van der Waals surface area contributed by atoms with Crippen LogP contribution in [0, 0.1) is 5.92 Å². The Morgan fingerprint density at radius 2 is 1.85 bits per heavy atom. The largest absolute Gasteiger partial charge is 0.484 e. The van der Waals surface area contributed by atoms with Gasteiger partial charge in [-0.05, 0) is 25.0 Å². The van der Waals surface area contributed by atoms with Gasteiger partial charge in [-0.25, -0.2) is 0 Å². The summed E-state index contributed by atoms with van der Waals surface area (Å²) in [4.78, 5) is 27.0. The Labute approximate surface area is 156 Å². The fraction of sp³-hybridized carbons (Fsp3) is 0.474. The van der Waals surface area contributed by atoms with Crippen LogP contribution < -0.4 is 4.74 Å². The zero-order chi connectivity index (χ0) is 19.9. The Morgan fingerprint density at radius 3 is 2.41 bits per heavy atom. The number of piperidine rings is 1. The van der Waals surface area contributed by atoms with Gasteiger partial charge in [0.15, 0.2) is 6.61 Å². The van der Waals surface area contributed by atoms with Crippen LogP contribution in [-0.4, -0.2) is 60.6 Å². The summed E-state index contributed by atoms with van der Waals surface area (Å²) in [5, 5.41) is 0. The first-order valence-corrected chi connectivity index (χ1v) is 8.72. The molecule has 0 aliphatic carbocycles. The van der Waals surface area contributed by atoms with E-state index in [2.05, 4.69) is 6.58 Å². The summed E-state index contributed by atoms with van der Waals surface area (Å²) < 4.78 is 43.4.